The Hall–Kier alpha value is -2.56. The van der Waals surface area contributed by atoms with Crippen molar-refractivity contribution >= 4 is 25.7 Å². The third-order valence-corrected chi connectivity index (χ3v) is 14.2. The molecular formula is C62H113O11P. The van der Waals surface area contributed by atoms with E-state index in [0.717, 1.165) is 109 Å². The summed E-state index contributed by atoms with van der Waals surface area (Å²) in [6.07, 6.45) is 60.6. The number of rotatable bonds is 57. The zero-order valence-corrected chi connectivity index (χ0v) is 48.7. The minimum absolute atomic E-state index is 0.156. The summed E-state index contributed by atoms with van der Waals surface area (Å²) in [6.45, 7) is 4.63. The van der Waals surface area contributed by atoms with Crippen molar-refractivity contribution in [3.05, 3.63) is 48.6 Å². The molecular weight excluding hydrogens is 952 g/mol. The van der Waals surface area contributed by atoms with Gasteiger partial charge in [-0.05, 0) is 83.5 Å². The molecule has 0 saturated heterocycles. The minimum atomic E-state index is -4.75. The molecule has 3 unspecified atom stereocenters. The monoisotopic (exact) mass is 1060 g/mol. The second kappa shape index (κ2) is 56.6. The van der Waals surface area contributed by atoms with Crippen LogP contribution in [0.5, 0.6) is 0 Å². The van der Waals surface area contributed by atoms with Crippen LogP contribution in [-0.2, 0) is 42.2 Å². The lowest BCUT2D eigenvalue weighted by Gasteiger charge is -2.21. The molecule has 432 valence electrons. The second-order valence-corrected chi connectivity index (χ2v) is 22.0. The predicted octanol–water partition coefficient (Wildman–Crippen LogP) is 18.1. The standard InChI is InChI=1S/C62H113O11P/c1-4-7-10-13-16-19-22-25-27-28-29-30-32-34-36-39-42-45-48-51-60(64)69-55-59(73-62(66)53-50-47-44-41-38-35-31-26-23-20-17-14-11-8-5-2)57-71-74(67,68)70-56-58(54-63)72-61(65)52-49-46-43-40-37-33-24-21-18-15-12-9-6-3/h16,19,25-27,29-31,58-59,63H,4-15,17-18,20-24,28,32-57H2,1-3H3,(H,67,68)/b19-16-,27-25-,30-29-,31-26-. The minimum Gasteiger partial charge on any atom is -0.462 e. The van der Waals surface area contributed by atoms with Crippen molar-refractivity contribution in [3.8, 4) is 0 Å². The molecule has 0 aliphatic carbocycles. The van der Waals surface area contributed by atoms with Gasteiger partial charge in [-0.25, -0.2) is 4.57 Å². The summed E-state index contributed by atoms with van der Waals surface area (Å²) in [4.78, 5) is 48.6. The van der Waals surface area contributed by atoms with Crippen LogP contribution in [0.15, 0.2) is 48.6 Å². The number of esters is 3. The van der Waals surface area contributed by atoms with Crippen LogP contribution in [0, 0.1) is 0 Å². The molecule has 0 amide bonds. The third kappa shape index (κ3) is 54.2. The van der Waals surface area contributed by atoms with Crippen molar-refractivity contribution in [2.45, 2.75) is 303 Å². The van der Waals surface area contributed by atoms with Gasteiger partial charge < -0.3 is 24.2 Å². The average molecular weight is 1070 g/mol. The van der Waals surface area contributed by atoms with E-state index in [2.05, 4.69) is 69.4 Å². The first kappa shape index (κ1) is 71.4. The maximum absolute atomic E-state index is 12.9. The molecule has 0 fully saturated rings. The van der Waals surface area contributed by atoms with Crippen molar-refractivity contribution in [1.82, 2.24) is 0 Å². The Kier molecular flexibility index (Phi) is 54.7. The molecule has 0 bridgehead atoms. The Morgan fingerprint density at radius 3 is 1.05 bits per heavy atom. The third-order valence-electron chi connectivity index (χ3n) is 13.2. The van der Waals surface area contributed by atoms with Gasteiger partial charge >= 0.3 is 25.7 Å². The first-order valence-electron chi connectivity index (χ1n) is 30.5. The molecule has 0 aromatic heterocycles. The number of carbonyl (C=O) groups is 3. The molecule has 3 atom stereocenters. The summed E-state index contributed by atoms with van der Waals surface area (Å²) in [5, 5.41) is 9.82. The lowest BCUT2D eigenvalue weighted by molar-refractivity contribution is -0.161. The molecule has 0 aliphatic rings. The average Bonchev–Trinajstić information content (AvgIpc) is 3.39. The van der Waals surface area contributed by atoms with Gasteiger partial charge in [-0.2, -0.15) is 0 Å². The summed E-state index contributed by atoms with van der Waals surface area (Å²) in [5.74, 6) is -1.47. The van der Waals surface area contributed by atoms with E-state index in [9.17, 15) is 28.9 Å². The summed E-state index contributed by atoms with van der Waals surface area (Å²) >= 11 is 0. The van der Waals surface area contributed by atoms with E-state index in [4.69, 9.17) is 23.3 Å². The maximum Gasteiger partial charge on any atom is 0.472 e. The van der Waals surface area contributed by atoms with Crippen molar-refractivity contribution < 1.29 is 52.2 Å². The van der Waals surface area contributed by atoms with E-state index in [-0.39, 0.29) is 25.9 Å². The van der Waals surface area contributed by atoms with E-state index in [1.165, 1.54) is 122 Å². The Balaban J connectivity index is 4.72. The number of allylic oxidation sites excluding steroid dienone is 8. The highest BCUT2D eigenvalue weighted by Crippen LogP contribution is 2.43. The number of unbranched alkanes of at least 4 members (excludes halogenated alkanes) is 32. The van der Waals surface area contributed by atoms with Gasteiger partial charge in [0.05, 0.1) is 19.8 Å². The van der Waals surface area contributed by atoms with Gasteiger partial charge in [0.25, 0.3) is 0 Å². The first-order chi connectivity index (χ1) is 36.2. The Morgan fingerprint density at radius 2 is 0.662 bits per heavy atom. The number of aliphatic hydroxyl groups is 1. The molecule has 2 N–H and O–H groups in total. The van der Waals surface area contributed by atoms with Gasteiger partial charge in [-0.1, -0.05) is 236 Å². The Labute approximate surface area is 453 Å². The highest BCUT2D eigenvalue weighted by atomic mass is 31.2. The lowest BCUT2D eigenvalue weighted by atomic mass is 10.0. The van der Waals surface area contributed by atoms with Crippen molar-refractivity contribution in [1.29, 1.82) is 0 Å². The molecule has 0 saturated carbocycles. The molecule has 0 aromatic carbocycles. The van der Waals surface area contributed by atoms with E-state index < -0.39 is 57.8 Å². The van der Waals surface area contributed by atoms with Crippen LogP contribution < -0.4 is 0 Å². The number of hydrogen-bond donors (Lipinski definition) is 2. The molecule has 12 heteroatoms. The molecule has 74 heavy (non-hydrogen) atoms. The van der Waals surface area contributed by atoms with E-state index in [0.29, 0.717) is 19.3 Å². The highest BCUT2D eigenvalue weighted by molar-refractivity contribution is 7.47. The van der Waals surface area contributed by atoms with Crippen LogP contribution in [0.25, 0.3) is 0 Å². The quantitative estimate of drug-likeness (QED) is 0.0197. The van der Waals surface area contributed by atoms with Crippen LogP contribution in [0.2, 0.25) is 0 Å². The molecule has 0 radical (unpaired) electrons. The SMILES string of the molecule is CCCCC/C=C\C/C=C\C/C=C\CCCCCCCCC(=O)OCC(COP(=O)(O)OCC(CO)OC(=O)CCCCCCCCCCCCCCC)OC(=O)CCCCCCC/C=C\CCCCCCCC. The first-order valence-corrected chi connectivity index (χ1v) is 32.0. The highest BCUT2D eigenvalue weighted by Gasteiger charge is 2.28. The van der Waals surface area contributed by atoms with Gasteiger partial charge in [0, 0.05) is 19.3 Å². The van der Waals surface area contributed by atoms with Crippen LogP contribution in [0.3, 0.4) is 0 Å². The Bertz CT molecular complexity index is 1430. The fraction of sp³-hybridized carbons (Fsp3) is 0.823. The van der Waals surface area contributed by atoms with Crippen molar-refractivity contribution in [2.75, 3.05) is 26.4 Å². The van der Waals surface area contributed by atoms with Crippen molar-refractivity contribution in [3.63, 3.8) is 0 Å². The largest absolute Gasteiger partial charge is 0.472 e. The van der Waals surface area contributed by atoms with Crippen LogP contribution >= 0.6 is 7.82 Å². The second-order valence-electron chi connectivity index (χ2n) is 20.5. The topological polar surface area (TPSA) is 155 Å². The fourth-order valence-electron chi connectivity index (χ4n) is 8.54. The van der Waals surface area contributed by atoms with Crippen LogP contribution in [0.1, 0.15) is 290 Å². The predicted molar refractivity (Wildman–Crippen MR) is 307 cm³/mol. The maximum atomic E-state index is 12.9. The summed E-state index contributed by atoms with van der Waals surface area (Å²) in [6, 6.07) is 0. The van der Waals surface area contributed by atoms with E-state index in [1.54, 1.807) is 0 Å². The zero-order chi connectivity index (χ0) is 54.1. The normalized spacial score (nSPS) is 13.6. The van der Waals surface area contributed by atoms with Gasteiger partial charge in [0.1, 0.15) is 12.7 Å². The van der Waals surface area contributed by atoms with Gasteiger partial charge in [-0.3, -0.25) is 23.4 Å². The van der Waals surface area contributed by atoms with Crippen LogP contribution in [0.4, 0.5) is 0 Å². The van der Waals surface area contributed by atoms with E-state index >= 15 is 0 Å². The number of phosphoric ester groups is 1. The van der Waals surface area contributed by atoms with Gasteiger partial charge in [-0.15, -0.1) is 0 Å². The number of carbonyl (C=O) groups excluding carboxylic acids is 3. The van der Waals surface area contributed by atoms with Crippen LogP contribution in [-0.4, -0.2) is 66.5 Å². The Morgan fingerprint density at radius 1 is 0.378 bits per heavy atom. The summed E-state index contributed by atoms with van der Waals surface area (Å²) < 4.78 is 39.6. The van der Waals surface area contributed by atoms with Crippen molar-refractivity contribution in [2.24, 2.45) is 0 Å². The number of hydrogen-bond acceptors (Lipinski definition) is 10. The summed E-state index contributed by atoms with van der Waals surface area (Å²) in [5.41, 5.74) is 0. The molecule has 0 heterocycles. The molecule has 11 nitrogen and oxygen atoms in total. The molecule has 0 aliphatic heterocycles. The van der Waals surface area contributed by atoms with Gasteiger partial charge in [0.2, 0.25) is 0 Å². The molecule has 0 rings (SSSR count). The molecule has 0 aromatic rings. The van der Waals surface area contributed by atoms with Gasteiger partial charge in [0.15, 0.2) is 6.10 Å². The van der Waals surface area contributed by atoms with E-state index in [1.807, 2.05) is 0 Å². The lowest BCUT2D eigenvalue weighted by Crippen LogP contribution is -2.30. The zero-order valence-electron chi connectivity index (χ0n) is 47.8. The number of ether oxygens (including phenoxy) is 3. The smallest absolute Gasteiger partial charge is 0.462 e. The summed E-state index contributed by atoms with van der Waals surface area (Å²) in [7, 11) is -4.75. The fourth-order valence-corrected chi connectivity index (χ4v) is 9.32. The number of aliphatic hydroxyl groups excluding tert-OH is 1. The molecule has 0 spiro atoms. The number of phosphoric acid groups is 1.